The highest BCUT2D eigenvalue weighted by atomic mass is 19.1. The quantitative estimate of drug-likeness (QED) is 0.129. The van der Waals surface area contributed by atoms with Gasteiger partial charge in [-0.05, 0) is 121 Å². The van der Waals surface area contributed by atoms with Gasteiger partial charge in [-0.15, -0.1) is 0 Å². The van der Waals surface area contributed by atoms with Crippen molar-refractivity contribution in [3.05, 3.63) is 181 Å². The van der Waals surface area contributed by atoms with Crippen molar-refractivity contribution in [3.63, 3.8) is 0 Å². The highest BCUT2D eigenvalue weighted by Crippen LogP contribution is 2.38. The van der Waals surface area contributed by atoms with Gasteiger partial charge in [0, 0.05) is 0 Å². The zero-order chi connectivity index (χ0) is 34.1. The van der Waals surface area contributed by atoms with Gasteiger partial charge in [-0.2, -0.15) is 0 Å². The fourth-order valence-corrected chi connectivity index (χ4v) is 4.78. The lowest BCUT2D eigenvalue weighted by molar-refractivity contribution is 0.401. The topological polar surface area (TPSA) is 55.4 Å². The van der Waals surface area contributed by atoms with Crippen molar-refractivity contribution in [1.82, 2.24) is 0 Å². The second kappa shape index (κ2) is 15.0. The van der Waals surface area contributed by atoms with E-state index in [0.29, 0.717) is 57.5 Å². The van der Waals surface area contributed by atoms with Crippen molar-refractivity contribution < 1.29 is 37.2 Å². The molecule has 0 unspecified atom stereocenters. The Bertz CT molecular complexity index is 2030. The number of halogens is 2. The highest BCUT2D eigenvalue weighted by Gasteiger charge is 2.12. The first-order valence-electron chi connectivity index (χ1n) is 15.6. The average molecular weight is 667 g/mol. The fourth-order valence-electron chi connectivity index (χ4n) is 4.78. The Kier molecular flexibility index (Phi) is 9.51. The summed E-state index contributed by atoms with van der Waals surface area (Å²) in [5.74, 6) is 4.54. The molecule has 0 aromatic heterocycles. The van der Waals surface area contributed by atoms with Crippen molar-refractivity contribution in [2.45, 2.75) is 0 Å². The molecule has 8 heteroatoms. The summed E-state index contributed by atoms with van der Waals surface area (Å²) in [6.07, 6.45) is 0. The second-order valence-electron chi connectivity index (χ2n) is 10.8. The molecule has 7 aromatic carbocycles. The van der Waals surface area contributed by atoms with E-state index in [1.54, 1.807) is 146 Å². The van der Waals surface area contributed by atoms with Crippen molar-refractivity contribution in [1.29, 1.82) is 0 Å². The molecule has 0 aliphatic carbocycles. The Morgan fingerprint density at radius 2 is 0.440 bits per heavy atom. The van der Waals surface area contributed by atoms with Crippen LogP contribution in [0.15, 0.2) is 170 Å². The zero-order valence-electron chi connectivity index (χ0n) is 26.4. The minimum absolute atomic E-state index is 0.111. The molecule has 7 rings (SSSR count). The van der Waals surface area contributed by atoms with Crippen LogP contribution in [-0.2, 0) is 0 Å². The van der Waals surface area contributed by atoms with Gasteiger partial charge in [0.1, 0.15) is 34.5 Å². The van der Waals surface area contributed by atoms with E-state index in [1.807, 2.05) is 12.1 Å². The lowest BCUT2D eigenvalue weighted by Gasteiger charge is -2.13. The predicted octanol–water partition coefficient (Wildman–Crippen LogP) is 12.7. The molecule has 0 fully saturated rings. The molecule has 0 amide bonds. The van der Waals surface area contributed by atoms with E-state index in [9.17, 15) is 8.78 Å². The van der Waals surface area contributed by atoms with Crippen LogP contribution in [-0.4, -0.2) is 0 Å². The number of hydrogen-bond donors (Lipinski definition) is 0. The zero-order valence-corrected chi connectivity index (χ0v) is 26.4. The molecule has 0 saturated heterocycles. The van der Waals surface area contributed by atoms with E-state index in [1.165, 1.54) is 12.1 Å². The minimum atomic E-state index is -0.461. The van der Waals surface area contributed by atoms with Crippen LogP contribution in [0.25, 0.3) is 0 Å². The smallest absolute Gasteiger partial charge is 0.170 e. The summed E-state index contributed by atoms with van der Waals surface area (Å²) in [4.78, 5) is 0. The first-order chi connectivity index (χ1) is 24.6. The molecule has 7 aromatic rings. The molecule has 0 aliphatic rings. The molecule has 246 valence electrons. The Morgan fingerprint density at radius 3 is 0.720 bits per heavy atom. The van der Waals surface area contributed by atoms with Crippen molar-refractivity contribution in [3.8, 4) is 69.0 Å². The van der Waals surface area contributed by atoms with Gasteiger partial charge in [-0.25, -0.2) is 8.78 Å². The molecule has 6 nitrogen and oxygen atoms in total. The number of ether oxygens (including phenoxy) is 6. The first-order valence-corrected chi connectivity index (χ1v) is 15.6. The molecule has 0 heterocycles. The van der Waals surface area contributed by atoms with Crippen LogP contribution in [0.5, 0.6) is 69.0 Å². The largest absolute Gasteiger partial charge is 0.457 e. The number of para-hydroxylation sites is 6. The monoisotopic (exact) mass is 666 g/mol. The van der Waals surface area contributed by atoms with Crippen LogP contribution in [0.2, 0.25) is 0 Å². The summed E-state index contributed by atoms with van der Waals surface area (Å²) in [5.41, 5.74) is 0. The molecule has 0 atom stereocenters. The maximum Gasteiger partial charge on any atom is 0.170 e. The number of benzene rings is 7. The fraction of sp³-hybridized carbons (Fsp3) is 0. The van der Waals surface area contributed by atoms with Crippen LogP contribution in [0.4, 0.5) is 8.78 Å². The molecule has 0 radical (unpaired) electrons. The molecule has 0 bridgehead atoms. The van der Waals surface area contributed by atoms with E-state index >= 15 is 0 Å². The van der Waals surface area contributed by atoms with Crippen LogP contribution >= 0.6 is 0 Å². The Hall–Kier alpha value is -6.80. The summed E-state index contributed by atoms with van der Waals surface area (Å²) in [6, 6.07) is 48.0. The van der Waals surface area contributed by atoms with Crippen LogP contribution < -0.4 is 28.4 Å². The minimum Gasteiger partial charge on any atom is -0.457 e. The molecule has 50 heavy (non-hydrogen) atoms. The third-order valence-electron chi connectivity index (χ3n) is 7.21. The van der Waals surface area contributed by atoms with E-state index in [-0.39, 0.29) is 11.5 Å². The molecular formula is C42H28F2O6. The summed E-state index contributed by atoms with van der Waals surface area (Å²) >= 11 is 0. The van der Waals surface area contributed by atoms with Crippen molar-refractivity contribution in [2.24, 2.45) is 0 Å². The van der Waals surface area contributed by atoms with Gasteiger partial charge >= 0.3 is 0 Å². The third kappa shape index (κ3) is 8.00. The van der Waals surface area contributed by atoms with Gasteiger partial charge in [0.15, 0.2) is 46.1 Å². The predicted molar refractivity (Wildman–Crippen MR) is 185 cm³/mol. The van der Waals surface area contributed by atoms with E-state index in [2.05, 4.69) is 0 Å². The second-order valence-corrected chi connectivity index (χ2v) is 10.8. The summed E-state index contributed by atoms with van der Waals surface area (Å²) in [7, 11) is 0. The van der Waals surface area contributed by atoms with Crippen LogP contribution in [0, 0.1) is 11.6 Å². The third-order valence-corrected chi connectivity index (χ3v) is 7.21. The SMILES string of the molecule is Fc1ccccc1Oc1ccccc1Oc1ccc(Oc2ccc(Oc3ccc(Oc4ccccc4Oc4ccccc4F)cc3)cc2)cc1. The standard InChI is InChI=1S/C42H28F2O6/c43-35-9-1-3-11-37(35)49-41-15-7-5-13-39(41)47-33-25-21-31(22-26-33)45-29-17-19-30(20-18-29)46-32-23-27-34(28-24-32)48-40-14-6-8-16-42(40)50-38-12-4-2-10-36(38)44/h1-28H. The normalized spacial score (nSPS) is 10.6. The molecule has 0 saturated carbocycles. The maximum atomic E-state index is 14.1. The molecule has 0 N–H and O–H groups in total. The molecule has 0 spiro atoms. The first kappa shape index (κ1) is 31.8. The van der Waals surface area contributed by atoms with Gasteiger partial charge in [-0.3, -0.25) is 0 Å². The van der Waals surface area contributed by atoms with E-state index in [4.69, 9.17) is 28.4 Å². The van der Waals surface area contributed by atoms with E-state index in [0.717, 1.165) is 0 Å². The average Bonchev–Trinajstić information content (AvgIpc) is 3.14. The molecular weight excluding hydrogens is 638 g/mol. The van der Waals surface area contributed by atoms with Crippen LogP contribution in [0.1, 0.15) is 0 Å². The number of hydrogen-bond acceptors (Lipinski definition) is 6. The maximum absolute atomic E-state index is 14.1. The van der Waals surface area contributed by atoms with E-state index < -0.39 is 11.6 Å². The van der Waals surface area contributed by atoms with Gasteiger partial charge < -0.3 is 28.4 Å². The Labute approximate surface area is 287 Å². The number of rotatable bonds is 12. The van der Waals surface area contributed by atoms with Crippen LogP contribution in [0.3, 0.4) is 0 Å². The Morgan fingerprint density at radius 1 is 0.220 bits per heavy atom. The van der Waals surface area contributed by atoms with Crippen molar-refractivity contribution >= 4 is 0 Å². The summed E-state index contributed by atoms with van der Waals surface area (Å²) < 4.78 is 63.8. The van der Waals surface area contributed by atoms with Gasteiger partial charge in [0.05, 0.1) is 0 Å². The Balaban J connectivity index is 0.933. The highest BCUT2D eigenvalue weighted by molar-refractivity contribution is 5.48. The molecule has 0 aliphatic heterocycles. The van der Waals surface area contributed by atoms with Gasteiger partial charge in [0.25, 0.3) is 0 Å². The van der Waals surface area contributed by atoms with Gasteiger partial charge in [-0.1, -0.05) is 48.5 Å². The van der Waals surface area contributed by atoms with Gasteiger partial charge in [0.2, 0.25) is 0 Å². The summed E-state index contributed by atoms with van der Waals surface area (Å²) in [5, 5.41) is 0. The lowest BCUT2D eigenvalue weighted by atomic mass is 10.3. The summed E-state index contributed by atoms with van der Waals surface area (Å²) in [6.45, 7) is 0. The van der Waals surface area contributed by atoms with Crippen molar-refractivity contribution in [2.75, 3.05) is 0 Å². The lowest BCUT2D eigenvalue weighted by Crippen LogP contribution is -1.92.